The fourth-order valence-electron chi connectivity index (χ4n) is 2.59. The molecule has 2 aromatic carbocycles. The molecule has 24 heavy (non-hydrogen) atoms. The van der Waals surface area contributed by atoms with Gasteiger partial charge in [-0.25, -0.2) is 4.98 Å². The van der Waals surface area contributed by atoms with Gasteiger partial charge in [0, 0.05) is 29.0 Å². The second kappa shape index (κ2) is 6.57. The van der Waals surface area contributed by atoms with Crippen molar-refractivity contribution in [2.45, 2.75) is 19.4 Å². The van der Waals surface area contributed by atoms with Crippen LogP contribution in [-0.4, -0.2) is 10.9 Å². The molecule has 1 amide bonds. The van der Waals surface area contributed by atoms with Crippen LogP contribution in [0.4, 0.5) is 0 Å². The molecule has 4 heteroatoms. The van der Waals surface area contributed by atoms with Crippen molar-refractivity contribution in [3.63, 3.8) is 0 Å². The first-order chi connectivity index (χ1) is 11.8. The molecule has 3 nitrogen and oxygen atoms in total. The summed E-state index contributed by atoms with van der Waals surface area (Å²) >= 11 is 1.65. The monoisotopic (exact) mass is 334 g/mol. The molecule has 1 fully saturated rings. The van der Waals surface area contributed by atoms with Gasteiger partial charge in [0.15, 0.2) is 0 Å². The minimum Gasteiger partial charge on any atom is -0.352 e. The highest BCUT2D eigenvalue weighted by molar-refractivity contribution is 7.13. The largest absolute Gasteiger partial charge is 0.352 e. The second-order valence-electron chi connectivity index (χ2n) is 6.09. The third-order valence-corrected chi connectivity index (χ3v) is 5.08. The zero-order chi connectivity index (χ0) is 16.4. The molecule has 0 aliphatic heterocycles. The van der Waals surface area contributed by atoms with E-state index in [4.69, 9.17) is 4.98 Å². The summed E-state index contributed by atoms with van der Waals surface area (Å²) in [6.45, 7) is 0.600. The molecule has 1 aromatic heterocycles. The van der Waals surface area contributed by atoms with Crippen LogP contribution in [-0.2, 0) is 11.3 Å². The number of hydrogen-bond donors (Lipinski definition) is 1. The number of rotatable bonds is 5. The van der Waals surface area contributed by atoms with Crippen LogP contribution in [0, 0.1) is 5.92 Å². The van der Waals surface area contributed by atoms with Crippen LogP contribution in [0.3, 0.4) is 0 Å². The van der Waals surface area contributed by atoms with Crippen LogP contribution in [0.2, 0.25) is 0 Å². The first kappa shape index (κ1) is 15.1. The number of aromatic nitrogens is 1. The highest BCUT2D eigenvalue weighted by Gasteiger charge is 2.29. The maximum Gasteiger partial charge on any atom is 0.223 e. The Morgan fingerprint density at radius 2 is 1.79 bits per heavy atom. The van der Waals surface area contributed by atoms with Gasteiger partial charge in [-0.2, -0.15) is 0 Å². The summed E-state index contributed by atoms with van der Waals surface area (Å²) in [5, 5.41) is 6.10. The van der Waals surface area contributed by atoms with Crippen LogP contribution in [0.25, 0.3) is 21.8 Å². The molecular formula is C20H18N2OS. The van der Waals surface area contributed by atoms with E-state index in [1.165, 1.54) is 0 Å². The minimum atomic E-state index is 0.187. The third kappa shape index (κ3) is 3.39. The molecule has 0 unspecified atom stereocenters. The number of nitrogens with zero attached hydrogens (tertiary/aromatic N) is 1. The SMILES string of the molecule is O=C(NCc1ccc(-c2nc(-c3ccccc3)cs2)cc1)C1CC1. The number of carbonyl (C=O) groups is 1. The lowest BCUT2D eigenvalue weighted by Gasteiger charge is -2.05. The molecule has 120 valence electrons. The van der Waals surface area contributed by atoms with Crippen LogP contribution in [0.5, 0.6) is 0 Å². The first-order valence-electron chi connectivity index (χ1n) is 8.17. The molecule has 0 atom stereocenters. The van der Waals surface area contributed by atoms with E-state index in [9.17, 15) is 4.79 Å². The summed E-state index contributed by atoms with van der Waals surface area (Å²) in [5.41, 5.74) is 4.38. The quantitative estimate of drug-likeness (QED) is 0.746. The van der Waals surface area contributed by atoms with Crippen molar-refractivity contribution < 1.29 is 4.79 Å². The lowest BCUT2D eigenvalue weighted by molar-refractivity contribution is -0.122. The number of nitrogens with one attached hydrogen (secondary N) is 1. The highest BCUT2D eigenvalue weighted by atomic mass is 32.1. The Bertz CT molecular complexity index is 836. The zero-order valence-electron chi connectivity index (χ0n) is 13.2. The molecular weight excluding hydrogens is 316 g/mol. The van der Waals surface area contributed by atoms with Gasteiger partial charge < -0.3 is 5.32 Å². The predicted molar refractivity (Wildman–Crippen MR) is 97.6 cm³/mol. The van der Waals surface area contributed by atoms with Crippen molar-refractivity contribution >= 4 is 17.2 Å². The number of hydrogen-bond acceptors (Lipinski definition) is 3. The molecule has 1 heterocycles. The van der Waals surface area contributed by atoms with Gasteiger partial charge in [-0.1, -0.05) is 54.6 Å². The number of carbonyl (C=O) groups excluding carboxylic acids is 1. The van der Waals surface area contributed by atoms with E-state index in [1.54, 1.807) is 11.3 Å². The average Bonchev–Trinajstić information content (AvgIpc) is 3.38. The summed E-state index contributed by atoms with van der Waals surface area (Å²) in [6, 6.07) is 18.5. The van der Waals surface area contributed by atoms with E-state index in [0.29, 0.717) is 6.54 Å². The predicted octanol–water partition coefficient (Wildman–Crippen LogP) is 4.50. The molecule has 1 aliphatic rings. The Labute approximate surface area is 145 Å². The molecule has 0 saturated heterocycles. The number of thiazole rings is 1. The Hall–Kier alpha value is -2.46. The highest BCUT2D eigenvalue weighted by Crippen LogP contribution is 2.30. The van der Waals surface area contributed by atoms with E-state index in [0.717, 1.165) is 40.2 Å². The van der Waals surface area contributed by atoms with Crippen LogP contribution in [0.15, 0.2) is 60.0 Å². The molecule has 0 radical (unpaired) electrons. The van der Waals surface area contributed by atoms with E-state index in [2.05, 4.69) is 47.1 Å². The van der Waals surface area contributed by atoms with E-state index in [1.807, 2.05) is 18.2 Å². The van der Waals surface area contributed by atoms with Crippen LogP contribution >= 0.6 is 11.3 Å². The van der Waals surface area contributed by atoms with Gasteiger partial charge in [-0.15, -0.1) is 11.3 Å². The molecule has 1 aliphatic carbocycles. The first-order valence-corrected chi connectivity index (χ1v) is 9.05. The molecule has 4 rings (SSSR count). The van der Waals surface area contributed by atoms with Crippen LogP contribution in [0.1, 0.15) is 18.4 Å². The van der Waals surface area contributed by atoms with Gasteiger partial charge in [0.25, 0.3) is 0 Å². The summed E-state index contributed by atoms with van der Waals surface area (Å²) in [6.07, 6.45) is 2.08. The van der Waals surface area contributed by atoms with Crippen molar-refractivity contribution in [2.75, 3.05) is 0 Å². The van der Waals surface area contributed by atoms with Gasteiger partial charge >= 0.3 is 0 Å². The fraction of sp³-hybridized carbons (Fsp3) is 0.200. The Balaban J connectivity index is 1.45. The van der Waals surface area contributed by atoms with Crippen molar-refractivity contribution in [1.29, 1.82) is 0 Å². The second-order valence-corrected chi connectivity index (χ2v) is 6.95. The maximum atomic E-state index is 11.7. The van der Waals surface area contributed by atoms with E-state index >= 15 is 0 Å². The van der Waals surface area contributed by atoms with Crippen LogP contribution < -0.4 is 5.32 Å². The number of amides is 1. The van der Waals surface area contributed by atoms with Gasteiger partial charge in [0.05, 0.1) is 5.69 Å². The smallest absolute Gasteiger partial charge is 0.223 e. The summed E-state index contributed by atoms with van der Waals surface area (Å²) in [5.74, 6) is 0.447. The Morgan fingerprint density at radius 1 is 1.04 bits per heavy atom. The molecule has 1 N–H and O–H groups in total. The lowest BCUT2D eigenvalue weighted by Crippen LogP contribution is -2.24. The van der Waals surface area contributed by atoms with Gasteiger partial charge in [0.1, 0.15) is 5.01 Å². The van der Waals surface area contributed by atoms with Crippen molar-refractivity contribution in [3.05, 3.63) is 65.5 Å². The van der Waals surface area contributed by atoms with Crippen molar-refractivity contribution in [2.24, 2.45) is 5.92 Å². The fourth-order valence-corrected chi connectivity index (χ4v) is 3.43. The average molecular weight is 334 g/mol. The van der Waals surface area contributed by atoms with E-state index in [-0.39, 0.29) is 11.8 Å². The standard InChI is InChI=1S/C20H18N2OS/c23-19(16-10-11-16)21-12-14-6-8-17(9-7-14)20-22-18(13-24-20)15-4-2-1-3-5-15/h1-9,13,16H,10-12H2,(H,21,23). The van der Waals surface area contributed by atoms with Gasteiger partial charge in [0.2, 0.25) is 5.91 Å². The maximum absolute atomic E-state index is 11.7. The molecule has 3 aromatic rings. The summed E-state index contributed by atoms with van der Waals surface area (Å²) < 4.78 is 0. The van der Waals surface area contributed by atoms with Crippen molar-refractivity contribution in [3.8, 4) is 21.8 Å². The van der Waals surface area contributed by atoms with Gasteiger partial charge in [-0.3, -0.25) is 4.79 Å². The zero-order valence-corrected chi connectivity index (χ0v) is 14.1. The minimum absolute atomic E-state index is 0.187. The topological polar surface area (TPSA) is 42.0 Å². The Morgan fingerprint density at radius 3 is 2.50 bits per heavy atom. The molecule has 0 bridgehead atoms. The molecule has 1 saturated carbocycles. The number of benzene rings is 2. The third-order valence-electron chi connectivity index (χ3n) is 4.19. The lowest BCUT2D eigenvalue weighted by atomic mass is 10.1. The van der Waals surface area contributed by atoms with E-state index < -0.39 is 0 Å². The Kier molecular flexibility index (Phi) is 4.13. The summed E-state index contributed by atoms with van der Waals surface area (Å²) in [7, 11) is 0. The molecule has 0 spiro atoms. The normalized spacial score (nSPS) is 13.7. The van der Waals surface area contributed by atoms with Gasteiger partial charge in [-0.05, 0) is 18.4 Å². The summed E-state index contributed by atoms with van der Waals surface area (Å²) in [4.78, 5) is 16.4. The van der Waals surface area contributed by atoms with Crippen molar-refractivity contribution in [1.82, 2.24) is 10.3 Å².